The Balaban J connectivity index is 0.00000151. The number of carboxylic acid groups (broad SMARTS) is 1. The van der Waals surface area contributed by atoms with E-state index in [2.05, 4.69) is 20.6 Å². The van der Waals surface area contributed by atoms with Crippen molar-refractivity contribution in [2.45, 2.75) is 25.4 Å². The molecule has 2 aromatic carbocycles. The first kappa shape index (κ1) is 34.7. The highest BCUT2D eigenvalue weighted by Crippen LogP contribution is 2.32. The summed E-state index contributed by atoms with van der Waals surface area (Å²) in [6, 6.07) is 9.61. The number of ether oxygens (including phenoxy) is 1. The Bertz CT molecular complexity index is 1900. The first-order valence-electron chi connectivity index (χ1n) is 15.4. The van der Waals surface area contributed by atoms with Gasteiger partial charge in [0.25, 0.3) is 18.3 Å². The normalized spacial score (nSPS) is 15.5. The minimum absolute atomic E-state index is 0.0440. The summed E-state index contributed by atoms with van der Waals surface area (Å²) in [6.07, 6.45) is 5.24. The van der Waals surface area contributed by atoms with Gasteiger partial charge in [0, 0.05) is 55.4 Å². The van der Waals surface area contributed by atoms with E-state index < -0.39 is 23.8 Å². The molecule has 49 heavy (non-hydrogen) atoms. The molecular weight excluding hydrogens is 642 g/mol. The minimum atomic E-state index is -1.35. The molecule has 0 unspecified atom stereocenters. The van der Waals surface area contributed by atoms with Crippen molar-refractivity contribution in [3.63, 3.8) is 0 Å². The van der Waals surface area contributed by atoms with Crippen LogP contribution in [0.2, 0.25) is 0 Å². The van der Waals surface area contributed by atoms with Crippen LogP contribution >= 0.6 is 0 Å². The number of aryl methyl sites for hydroxylation is 1. The number of nitrogens with zero attached hydrogens (tertiary/aromatic N) is 6. The zero-order chi connectivity index (χ0) is 35.1. The summed E-state index contributed by atoms with van der Waals surface area (Å²) in [5.74, 6) is -2.75. The Kier molecular flexibility index (Phi) is 10.6. The number of hydrogen-bond donors (Lipinski definition) is 4. The monoisotopic (exact) mass is 676 g/mol. The molecule has 0 bridgehead atoms. The van der Waals surface area contributed by atoms with Crippen molar-refractivity contribution < 1.29 is 38.1 Å². The fourth-order valence-electron chi connectivity index (χ4n) is 5.91. The molecule has 4 heterocycles. The van der Waals surface area contributed by atoms with Gasteiger partial charge in [0.05, 0.1) is 11.9 Å². The number of aliphatic hydroxyl groups is 1. The first-order chi connectivity index (χ1) is 23.6. The Morgan fingerprint density at radius 2 is 1.80 bits per heavy atom. The quantitative estimate of drug-likeness (QED) is 0.211. The number of amides is 2. The van der Waals surface area contributed by atoms with Crippen molar-refractivity contribution in [2.75, 3.05) is 51.2 Å². The molecule has 0 saturated carbocycles. The van der Waals surface area contributed by atoms with E-state index in [0.29, 0.717) is 74.8 Å². The van der Waals surface area contributed by atoms with Crippen LogP contribution < -0.4 is 15.4 Å². The number of fused-ring (bicyclic) bond motifs is 1. The number of hydrogen-bond acceptors (Lipinski definition) is 10. The number of piperazine rings is 1. The predicted molar refractivity (Wildman–Crippen MR) is 172 cm³/mol. The summed E-state index contributed by atoms with van der Waals surface area (Å²) in [5, 5.41) is 32.7. The van der Waals surface area contributed by atoms with Gasteiger partial charge in [0.1, 0.15) is 11.7 Å². The number of aromatic nitrogens is 3. The molecule has 2 amide bonds. The smallest absolute Gasteiger partial charge is 0.290 e. The van der Waals surface area contributed by atoms with Gasteiger partial charge in [-0.05, 0) is 68.8 Å². The number of carbonyl (C=O) groups is 3. The molecule has 2 aliphatic heterocycles. The third kappa shape index (κ3) is 7.27. The molecule has 0 spiro atoms. The van der Waals surface area contributed by atoms with E-state index in [-0.39, 0.29) is 35.3 Å². The summed E-state index contributed by atoms with van der Waals surface area (Å²) in [6.45, 7) is 3.80. The highest BCUT2D eigenvalue weighted by molar-refractivity contribution is 5.96. The second-order valence-electron chi connectivity index (χ2n) is 11.4. The van der Waals surface area contributed by atoms with Crippen LogP contribution in [0.15, 0.2) is 48.9 Å². The SMILES string of the molecule is Cc1cc(Nc2nccn3c(-c4ccc(OCC#N)c(F)c4F)cnc23)ccc1C(=O)N1CCN(C(=O)C2(O)CCNCC2)CC1.O=CO. The zero-order valence-corrected chi connectivity index (χ0v) is 26.5. The predicted octanol–water partition coefficient (Wildman–Crippen LogP) is 2.73. The Morgan fingerprint density at radius 1 is 1.10 bits per heavy atom. The lowest BCUT2D eigenvalue weighted by Gasteiger charge is -2.40. The van der Waals surface area contributed by atoms with Crippen LogP contribution in [0.25, 0.3) is 16.9 Å². The summed E-state index contributed by atoms with van der Waals surface area (Å²) in [5.41, 5.74) is 1.15. The second-order valence-corrected chi connectivity index (χ2v) is 11.4. The Hall–Kier alpha value is -5.66. The van der Waals surface area contributed by atoms with Gasteiger partial charge in [-0.15, -0.1) is 0 Å². The number of halogens is 2. The molecule has 2 saturated heterocycles. The highest BCUT2D eigenvalue weighted by atomic mass is 19.2. The number of imidazole rings is 1. The molecule has 4 aromatic rings. The van der Waals surface area contributed by atoms with E-state index in [1.54, 1.807) is 38.6 Å². The number of rotatable bonds is 7. The van der Waals surface area contributed by atoms with Crippen molar-refractivity contribution in [3.05, 3.63) is 71.7 Å². The van der Waals surface area contributed by atoms with E-state index in [9.17, 15) is 23.5 Å². The third-order valence-electron chi connectivity index (χ3n) is 8.45. The van der Waals surface area contributed by atoms with Gasteiger partial charge in [0.15, 0.2) is 29.6 Å². The van der Waals surface area contributed by atoms with Gasteiger partial charge in [0.2, 0.25) is 5.82 Å². The molecule has 2 aliphatic rings. The number of anilines is 2. The molecule has 4 N–H and O–H groups in total. The lowest BCUT2D eigenvalue weighted by atomic mass is 9.90. The van der Waals surface area contributed by atoms with E-state index in [1.165, 1.54) is 24.5 Å². The van der Waals surface area contributed by atoms with Crippen molar-refractivity contribution >= 4 is 35.4 Å². The zero-order valence-electron chi connectivity index (χ0n) is 26.5. The lowest BCUT2D eigenvalue weighted by Crippen LogP contribution is -2.59. The summed E-state index contributed by atoms with van der Waals surface area (Å²) in [7, 11) is 0. The minimum Gasteiger partial charge on any atom is -0.483 e. The van der Waals surface area contributed by atoms with E-state index in [1.807, 2.05) is 13.0 Å². The number of piperidine rings is 1. The van der Waals surface area contributed by atoms with Gasteiger partial charge >= 0.3 is 0 Å². The van der Waals surface area contributed by atoms with Gasteiger partial charge in [-0.2, -0.15) is 9.65 Å². The number of benzene rings is 2. The summed E-state index contributed by atoms with van der Waals surface area (Å²) >= 11 is 0. The highest BCUT2D eigenvalue weighted by Gasteiger charge is 2.41. The van der Waals surface area contributed by atoms with Gasteiger partial charge in [-0.3, -0.25) is 18.8 Å². The molecular formula is C33H34F2N8O6. The standard InChI is InChI=1S/C32H32F2N8O4.CH2O2/c1-20-18-21(2-3-22(20)30(43)40-13-15-41(16-14-40)31(44)32(45)6-9-36-10-7-32)39-28-29-38-19-24(42(29)12-11-37-28)23-4-5-25(46-17-8-35)27(34)26(23)33;2-1-3/h2-5,11-12,18-19,36,45H,6-7,9-10,13-17H2,1H3,(H,37,39);1H,(H,2,3). The van der Waals surface area contributed by atoms with E-state index in [4.69, 9.17) is 19.9 Å². The maximum atomic E-state index is 15.0. The van der Waals surface area contributed by atoms with Crippen LogP contribution in [0.5, 0.6) is 5.75 Å². The largest absolute Gasteiger partial charge is 0.483 e. The average molecular weight is 677 g/mol. The van der Waals surface area contributed by atoms with Crippen LogP contribution in [0.3, 0.4) is 0 Å². The number of carbonyl (C=O) groups excluding carboxylic acids is 2. The van der Waals surface area contributed by atoms with Crippen LogP contribution in [-0.4, -0.2) is 104 Å². The second kappa shape index (κ2) is 15.0. The summed E-state index contributed by atoms with van der Waals surface area (Å²) in [4.78, 5) is 46.9. The molecule has 14 nitrogen and oxygen atoms in total. The van der Waals surface area contributed by atoms with E-state index >= 15 is 0 Å². The van der Waals surface area contributed by atoms with Gasteiger partial charge in [-0.25, -0.2) is 14.4 Å². The molecule has 0 aliphatic carbocycles. The average Bonchev–Trinajstić information content (AvgIpc) is 3.54. The summed E-state index contributed by atoms with van der Waals surface area (Å²) < 4.78 is 36.1. The molecule has 6 rings (SSSR count). The lowest BCUT2D eigenvalue weighted by molar-refractivity contribution is -0.155. The Labute approximate surface area is 279 Å². The van der Waals surface area contributed by atoms with Crippen molar-refractivity contribution in [1.29, 1.82) is 5.26 Å². The molecule has 2 aromatic heterocycles. The van der Waals surface area contributed by atoms with E-state index in [0.717, 1.165) is 5.56 Å². The van der Waals surface area contributed by atoms with Gasteiger partial charge in [-0.1, -0.05) is 0 Å². The Morgan fingerprint density at radius 3 is 2.47 bits per heavy atom. The first-order valence-corrected chi connectivity index (χ1v) is 15.4. The molecule has 2 fully saturated rings. The molecule has 0 atom stereocenters. The van der Waals surface area contributed by atoms with Crippen LogP contribution in [0.4, 0.5) is 20.3 Å². The van der Waals surface area contributed by atoms with Crippen LogP contribution in [0.1, 0.15) is 28.8 Å². The fraction of sp³-hybridized carbons (Fsp3) is 0.333. The van der Waals surface area contributed by atoms with Crippen LogP contribution in [-0.2, 0) is 9.59 Å². The van der Waals surface area contributed by atoms with Crippen molar-refractivity contribution in [1.82, 2.24) is 29.5 Å². The van der Waals surface area contributed by atoms with Gasteiger partial charge < -0.3 is 35.4 Å². The molecule has 0 radical (unpaired) electrons. The topological polar surface area (TPSA) is 185 Å². The molecule has 16 heteroatoms. The molecule has 256 valence electrons. The fourth-order valence-corrected chi connectivity index (χ4v) is 5.91. The van der Waals surface area contributed by atoms with Crippen molar-refractivity contribution in [3.8, 4) is 23.1 Å². The number of nitriles is 1. The maximum Gasteiger partial charge on any atom is 0.290 e. The number of nitrogens with one attached hydrogen (secondary N) is 2. The third-order valence-corrected chi connectivity index (χ3v) is 8.45. The van der Waals surface area contributed by atoms with Crippen molar-refractivity contribution in [2.24, 2.45) is 0 Å². The van der Waals surface area contributed by atoms with Crippen LogP contribution in [0, 0.1) is 29.9 Å². The maximum absolute atomic E-state index is 15.0.